The second-order valence-electron chi connectivity index (χ2n) is 6.87. The minimum atomic E-state index is -2.96. The van der Waals surface area contributed by atoms with Crippen molar-refractivity contribution in [3.8, 4) is 0 Å². The Balaban J connectivity index is 1.91. The third-order valence-electron chi connectivity index (χ3n) is 4.96. The van der Waals surface area contributed by atoms with Gasteiger partial charge in [0.15, 0.2) is 15.8 Å². The second-order valence-corrected chi connectivity index (χ2v) is 10.3. The van der Waals surface area contributed by atoms with Gasteiger partial charge >= 0.3 is 0 Å². The van der Waals surface area contributed by atoms with Crippen LogP contribution < -0.4 is 10.6 Å². The summed E-state index contributed by atoms with van der Waals surface area (Å²) in [6.45, 7) is 7.37. The Morgan fingerprint density at radius 3 is 2.69 bits per heavy atom. The Morgan fingerprint density at radius 2 is 2.12 bits per heavy atom. The molecule has 0 amide bonds. The number of nitrogens with zero attached hydrogens (tertiary/aromatic N) is 2. The van der Waals surface area contributed by atoms with Gasteiger partial charge in [0.05, 0.1) is 11.8 Å². The van der Waals surface area contributed by atoms with E-state index in [9.17, 15) is 8.42 Å². The fraction of sp³-hybridized carbons (Fsp3) is 0.722. The number of piperidine rings is 1. The molecule has 2 N–H and O–H groups in total. The van der Waals surface area contributed by atoms with Gasteiger partial charge in [0.1, 0.15) is 0 Å². The number of hydrogen-bond acceptors (Lipinski definition) is 5. The molecule has 2 rings (SSSR count). The summed E-state index contributed by atoms with van der Waals surface area (Å²) >= 11 is 1.79. The molecule has 1 saturated heterocycles. The first kappa shape index (κ1) is 21.2. The van der Waals surface area contributed by atoms with Crippen LogP contribution in [-0.2, 0) is 9.84 Å². The first-order valence-corrected chi connectivity index (χ1v) is 12.1. The molecule has 26 heavy (non-hydrogen) atoms. The highest BCUT2D eigenvalue weighted by Crippen LogP contribution is 2.28. The van der Waals surface area contributed by atoms with Crippen LogP contribution in [0.25, 0.3) is 0 Å². The van der Waals surface area contributed by atoms with E-state index in [1.807, 2.05) is 0 Å². The Hall–Kier alpha value is -1.12. The number of guanidine groups is 1. The van der Waals surface area contributed by atoms with Crippen molar-refractivity contribution in [2.75, 3.05) is 44.7 Å². The number of rotatable bonds is 8. The van der Waals surface area contributed by atoms with Crippen molar-refractivity contribution in [3.63, 3.8) is 0 Å². The topological polar surface area (TPSA) is 73.8 Å². The largest absolute Gasteiger partial charge is 0.355 e. The number of nitrogens with one attached hydrogen (secondary N) is 2. The van der Waals surface area contributed by atoms with Gasteiger partial charge in [-0.1, -0.05) is 19.9 Å². The Kier molecular flexibility index (Phi) is 8.37. The van der Waals surface area contributed by atoms with Gasteiger partial charge in [-0.05, 0) is 43.3 Å². The molecule has 0 spiro atoms. The van der Waals surface area contributed by atoms with Crippen molar-refractivity contribution in [2.24, 2.45) is 10.9 Å². The third kappa shape index (κ3) is 6.55. The quantitative estimate of drug-likeness (QED) is 0.516. The lowest BCUT2D eigenvalue weighted by Crippen LogP contribution is -2.45. The first-order chi connectivity index (χ1) is 12.4. The summed E-state index contributed by atoms with van der Waals surface area (Å²) in [7, 11) is -1.25. The minimum Gasteiger partial charge on any atom is -0.355 e. The maximum atomic E-state index is 11.6. The van der Waals surface area contributed by atoms with Crippen molar-refractivity contribution in [1.82, 2.24) is 15.5 Å². The lowest BCUT2D eigenvalue weighted by atomic mass is 9.97. The normalized spacial score (nSPS) is 18.7. The second kappa shape index (κ2) is 10.3. The Labute approximate surface area is 162 Å². The van der Waals surface area contributed by atoms with Crippen molar-refractivity contribution >= 4 is 27.1 Å². The monoisotopic (exact) mass is 400 g/mol. The SMILES string of the molecule is CCS(=O)(=O)CCNC(=NC)NCC(c1cccs1)N1CCC(C)CC1. The lowest BCUT2D eigenvalue weighted by molar-refractivity contribution is 0.140. The zero-order valence-electron chi connectivity index (χ0n) is 16.1. The molecule has 6 nitrogen and oxygen atoms in total. The van der Waals surface area contributed by atoms with Crippen molar-refractivity contribution < 1.29 is 8.42 Å². The highest BCUT2D eigenvalue weighted by atomic mass is 32.2. The molecule has 8 heteroatoms. The zero-order chi connectivity index (χ0) is 19.0. The summed E-state index contributed by atoms with van der Waals surface area (Å²) in [4.78, 5) is 8.14. The summed E-state index contributed by atoms with van der Waals surface area (Å²) < 4.78 is 23.2. The molecule has 148 valence electrons. The molecule has 0 bridgehead atoms. The van der Waals surface area contributed by atoms with Crippen LogP contribution in [0.1, 0.15) is 37.6 Å². The van der Waals surface area contributed by atoms with E-state index < -0.39 is 9.84 Å². The number of sulfone groups is 1. The molecule has 1 aliphatic rings. The molecule has 0 saturated carbocycles. The van der Waals surface area contributed by atoms with Crippen molar-refractivity contribution in [1.29, 1.82) is 0 Å². The average molecular weight is 401 g/mol. The smallest absolute Gasteiger partial charge is 0.191 e. The molecule has 2 heterocycles. The van der Waals surface area contributed by atoms with Crippen LogP contribution in [0, 0.1) is 5.92 Å². The molecular weight excluding hydrogens is 368 g/mol. The van der Waals surface area contributed by atoms with Crippen LogP contribution in [0.3, 0.4) is 0 Å². The van der Waals surface area contributed by atoms with E-state index in [0.717, 1.165) is 25.6 Å². The van der Waals surface area contributed by atoms with E-state index >= 15 is 0 Å². The maximum absolute atomic E-state index is 11.6. The first-order valence-electron chi connectivity index (χ1n) is 9.37. The Morgan fingerprint density at radius 1 is 1.38 bits per heavy atom. The van der Waals surface area contributed by atoms with Crippen LogP contribution in [0.4, 0.5) is 0 Å². The fourth-order valence-corrected chi connectivity index (χ4v) is 4.68. The highest BCUT2D eigenvalue weighted by molar-refractivity contribution is 7.91. The minimum absolute atomic E-state index is 0.128. The van der Waals surface area contributed by atoms with Gasteiger partial charge in [-0.3, -0.25) is 9.89 Å². The third-order valence-corrected chi connectivity index (χ3v) is 7.64. The van der Waals surface area contributed by atoms with Crippen molar-refractivity contribution in [3.05, 3.63) is 22.4 Å². The molecule has 0 aromatic carbocycles. The molecule has 0 radical (unpaired) electrons. The summed E-state index contributed by atoms with van der Waals surface area (Å²) in [5, 5.41) is 8.62. The molecule has 1 aromatic rings. The molecule has 1 atom stereocenters. The standard InChI is InChI=1S/C18H32N4O2S2/c1-4-26(23,24)13-9-20-18(19-3)21-14-16(17-6-5-12-25-17)22-10-7-15(2)8-11-22/h5-6,12,15-16H,4,7-11,13-14H2,1-3H3,(H2,19,20,21). The molecule has 1 unspecified atom stereocenters. The van der Waals surface area contributed by atoms with Crippen LogP contribution in [0.15, 0.2) is 22.5 Å². The van der Waals surface area contributed by atoms with E-state index in [4.69, 9.17) is 0 Å². The fourth-order valence-electron chi connectivity index (χ4n) is 3.11. The highest BCUT2D eigenvalue weighted by Gasteiger charge is 2.25. The average Bonchev–Trinajstić information content (AvgIpc) is 3.16. The van der Waals surface area contributed by atoms with Crippen LogP contribution in [0.2, 0.25) is 0 Å². The lowest BCUT2D eigenvalue weighted by Gasteiger charge is -2.36. The van der Waals surface area contributed by atoms with Gasteiger partial charge in [-0.15, -0.1) is 11.3 Å². The molecular formula is C18H32N4O2S2. The molecule has 1 aromatic heterocycles. The molecule has 0 aliphatic carbocycles. The number of aliphatic imine (C=N–C) groups is 1. The van der Waals surface area contributed by atoms with Gasteiger partial charge in [0, 0.05) is 30.8 Å². The van der Waals surface area contributed by atoms with Gasteiger partial charge in [-0.25, -0.2) is 8.42 Å². The number of hydrogen-bond donors (Lipinski definition) is 2. The number of thiophene rings is 1. The van der Waals surface area contributed by atoms with E-state index in [2.05, 4.69) is 45.0 Å². The van der Waals surface area contributed by atoms with Gasteiger partial charge < -0.3 is 10.6 Å². The zero-order valence-corrected chi connectivity index (χ0v) is 17.7. The van der Waals surface area contributed by atoms with Crippen molar-refractivity contribution in [2.45, 2.75) is 32.7 Å². The summed E-state index contributed by atoms with van der Waals surface area (Å²) in [5.41, 5.74) is 0. The maximum Gasteiger partial charge on any atom is 0.191 e. The van der Waals surface area contributed by atoms with Gasteiger partial charge in [0.25, 0.3) is 0 Å². The van der Waals surface area contributed by atoms with Crippen LogP contribution >= 0.6 is 11.3 Å². The van der Waals surface area contributed by atoms with Gasteiger partial charge in [0.2, 0.25) is 0 Å². The predicted octanol–water partition coefficient (Wildman–Crippen LogP) is 2.12. The Bertz CT molecular complexity index is 651. The van der Waals surface area contributed by atoms with E-state index in [0.29, 0.717) is 18.5 Å². The van der Waals surface area contributed by atoms with E-state index in [1.165, 1.54) is 17.7 Å². The summed E-state index contributed by atoms with van der Waals surface area (Å²) in [5.74, 6) is 1.76. The summed E-state index contributed by atoms with van der Waals surface area (Å²) in [6.07, 6.45) is 2.48. The number of likely N-dealkylation sites (tertiary alicyclic amines) is 1. The van der Waals surface area contributed by atoms with Crippen LogP contribution in [0.5, 0.6) is 0 Å². The summed E-state index contributed by atoms with van der Waals surface area (Å²) in [6, 6.07) is 4.61. The van der Waals surface area contributed by atoms with Gasteiger partial charge in [-0.2, -0.15) is 0 Å². The van der Waals surface area contributed by atoms with E-state index in [1.54, 1.807) is 25.3 Å². The van der Waals surface area contributed by atoms with Crippen LogP contribution in [-0.4, -0.2) is 64.0 Å². The van der Waals surface area contributed by atoms with E-state index in [-0.39, 0.29) is 11.5 Å². The molecule has 1 fully saturated rings. The molecule has 1 aliphatic heterocycles. The predicted molar refractivity (Wildman–Crippen MR) is 111 cm³/mol.